The first-order valence-electron chi connectivity index (χ1n) is 9.81. The number of aliphatic carboxylic acids is 1. The maximum atomic E-state index is 13.6. The molecule has 0 saturated heterocycles. The SMILES string of the molecule is CCC(NC(=O)c1c(-c2ccccc2)nn2ccccc12)(C(=O)O)c1cccc(Cl)c1. The smallest absolute Gasteiger partial charge is 0.334 e. The average molecular weight is 434 g/mol. The van der Waals surface area contributed by atoms with Crippen molar-refractivity contribution in [2.75, 3.05) is 0 Å². The van der Waals surface area contributed by atoms with Crippen molar-refractivity contribution in [3.05, 3.63) is 95.1 Å². The number of hydrogen-bond donors (Lipinski definition) is 2. The molecule has 4 aromatic rings. The molecule has 0 aliphatic heterocycles. The Hall–Kier alpha value is -3.64. The van der Waals surface area contributed by atoms with E-state index in [1.54, 1.807) is 48.0 Å². The molecule has 31 heavy (non-hydrogen) atoms. The monoisotopic (exact) mass is 433 g/mol. The zero-order valence-corrected chi connectivity index (χ0v) is 17.5. The summed E-state index contributed by atoms with van der Waals surface area (Å²) >= 11 is 6.11. The predicted molar refractivity (Wildman–Crippen MR) is 119 cm³/mol. The molecule has 2 heterocycles. The first-order valence-corrected chi connectivity index (χ1v) is 10.2. The third-order valence-electron chi connectivity index (χ3n) is 5.35. The minimum atomic E-state index is -1.64. The van der Waals surface area contributed by atoms with E-state index >= 15 is 0 Å². The van der Waals surface area contributed by atoms with Crippen LogP contribution in [-0.4, -0.2) is 26.6 Å². The van der Waals surface area contributed by atoms with E-state index in [-0.39, 0.29) is 6.42 Å². The van der Waals surface area contributed by atoms with Gasteiger partial charge in [0, 0.05) is 16.8 Å². The molecular formula is C24H20ClN3O3. The van der Waals surface area contributed by atoms with Crippen LogP contribution in [0.3, 0.4) is 0 Å². The van der Waals surface area contributed by atoms with E-state index in [0.29, 0.717) is 27.4 Å². The van der Waals surface area contributed by atoms with Crippen LogP contribution in [0, 0.1) is 0 Å². The van der Waals surface area contributed by atoms with Crippen molar-refractivity contribution >= 4 is 29.0 Å². The molecule has 0 fully saturated rings. The number of carboxylic acids is 1. The summed E-state index contributed by atoms with van der Waals surface area (Å²) in [7, 11) is 0. The van der Waals surface area contributed by atoms with Gasteiger partial charge in [0.1, 0.15) is 5.69 Å². The Morgan fingerprint density at radius 2 is 1.81 bits per heavy atom. The number of benzene rings is 2. The van der Waals surface area contributed by atoms with Crippen LogP contribution in [0.5, 0.6) is 0 Å². The van der Waals surface area contributed by atoms with Gasteiger partial charge in [0.25, 0.3) is 5.91 Å². The summed E-state index contributed by atoms with van der Waals surface area (Å²) in [5, 5.41) is 17.9. The largest absolute Gasteiger partial charge is 0.479 e. The second kappa shape index (κ2) is 8.24. The summed E-state index contributed by atoms with van der Waals surface area (Å²) in [4.78, 5) is 26.0. The topological polar surface area (TPSA) is 83.7 Å². The second-order valence-corrected chi connectivity index (χ2v) is 7.59. The molecule has 1 amide bonds. The van der Waals surface area contributed by atoms with Crippen molar-refractivity contribution in [3.63, 3.8) is 0 Å². The number of carbonyl (C=O) groups is 2. The van der Waals surface area contributed by atoms with Crippen molar-refractivity contribution in [1.29, 1.82) is 0 Å². The molecule has 1 atom stereocenters. The lowest BCUT2D eigenvalue weighted by molar-refractivity contribution is -0.145. The van der Waals surface area contributed by atoms with Crippen LogP contribution in [-0.2, 0) is 10.3 Å². The van der Waals surface area contributed by atoms with Gasteiger partial charge < -0.3 is 10.4 Å². The molecule has 1 unspecified atom stereocenters. The van der Waals surface area contributed by atoms with Crippen LogP contribution >= 0.6 is 11.6 Å². The minimum Gasteiger partial charge on any atom is -0.479 e. The number of rotatable bonds is 6. The molecule has 0 radical (unpaired) electrons. The number of hydrogen-bond acceptors (Lipinski definition) is 3. The molecule has 2 aromatic carbocycles. The molecule has 4 rings (SSSR count). The summed E-state index contributed by atoms with van der Waals surface area (Å²) in [6, 6.07) is 21.3. The Balaban J connectivity index is 1.86. The van der Waals surface area contributed by atoms with Gasteiger partial charge in [-0.05, 0) is 36.2 Å². The summed E-state index contributed by atoms with van der Waals surface area (Å²) in [5.41, 5.74) is 0.899. The lowest BCUT2D eigenvalue weighted by Crippen LogP contribution is -2.51. The molecule has 6 nitrogen and oxygen atoms in total. The van der Waals surface area contributed by atoms with Gasteiger partial charge in [-0.2, -0.15) is 5.10 Å². The van der Waals surface area contributed by atoms with E-state index in [1.165, 1.54) is 0 Å². The molecule has 0 spiro atoms. The molecule has 2 aromatic heterocycles. The van der Waals surface area contributed by atoms with Gasteiger partial charge in [0.15, 0.2) is 5.54 Å². The van der Waals surface area contributed by atoms with Crippen LogP contribution in [0.2, 0.25) is 5.02 Å². The highest BCUT2D eigenvalue weighted by molar-refractivity contribution is 6.30. The minimum absolute atomic E-state index is 0.133. The van der Waals surface area contributed by atoms with Gasteiger partial charge in [-0.1, -0.05) is 67.1 Å². The van der Waals surface area contributed by atoms with Crippen LogP contribution < -0.4 is 5.32 Å². The number of carboxylic acid groups (broad SMARTS) is 1. The summed E-state index contributed by atoms with van der Waals surface area (Å²) in [6.45, 7) is 1.71. The third kappa shape index (κ3) is 3.66. The molecule has 7 heteroatoms. The Bertz CT molecular complexity index is 1270. The van der Waals surface area contributed by atoms with Gasteiger partial charge in [-0.25, -0.2) is 9.31 Å². The van der Waals surface area contributed by atoms with Crippen molar-refractivity contribution < 1.29 is 14.7 Å². The number of fused-ring (bicyclic) bond motifs is 1. The first-order chi connectivity index (χ1) is 15.0. The van der Waals surface area contributed by atoms with E-state index in [0.717, 1.165) is 5.56 Å². The predicted octanol–water partition coefficient (Wildman–Crippen LogP) is 4.77. The van der Waals surface area contributed by atoms with Crippen LogP contribution in [0.1, 0.15) is 29.3 Å². The normalized spacial score (nSPS) is 13.0. The highest BCUT2D eigenvalue weighted by atomic mass is 35.5. The zero-order chi connectivity index (χ0) is 22.0. The third-order valence-corrected chi connectivity index (χ3v) is 5.59. The fraction of sp³-hybridized carbons (Fsp3) is 0.125. The molecule has 0 aliphatic carbocycles. The highest BCUT2D eigenvalue weighted by Crippen LogP contribution is 2.31. The number of halogens is 1. The molecule has 0 bridgehead atoms. The number of nitrogens with zero attached hydrogens (tertiary/aromatic N) is 2. The number of pyridine rings is 1. The number of nitrogens with one attached hydrogen (secondary N) is 1. The van der Waals surface area contributed by atoms with Crippen molar-refractivity contribution in [2.45, 2.75) is 18.9 Å². The van der Waals surface area contributed by atoms with Crippen LogP contribution in [0.25, 0.3) is 16.8 Å². The Morgan fingerprint density at radius 1 is 1.06 bits per heavy atom. The van der Waals surface area contributed by atoms with Crippen molar-refractivity contribution in [2.24, 2.45) is 0 Å². The highest BCUT2D eigenvalue weighted by Gasteiger charge is 2.41. The molecule has 0 saturated carbocycles. The lowest BCUT2D eigenvalue weighted by Gasteiger charge is -2.30. The van der Waals surface area contributed by atoms with E-state index < -0.39 is 17.4 Å². The average Bonchev–Trinajstić information content (AvgIpc) is 3.17. The van der Waals surface area contributed by atoms with Gasteiger partial charge in [0.2, 0.25) is 0 Å². The van der Waals surface area contributed by atoms with Crippen LogP contribution in [0.4, 0.5) is 0 Å². The molecule has 156 valence electrons. The van der Waals surface area contributed by atoms with E-state index in [2.05, 4.69) is 10.4 Å². The summed E-state index contributed by atoms with van der Waals surface area (Å²) < 4.78 is 1.62. The van der Waals surface area contributed by atoms with Gasteiger partial charge in [-0.3, -0.25) is 4.79 Å². The van der Waals surface area contributed by atoms with Gasteiger partial charge in [-0.15, -0.1) is 0 Å². The standard InChI is InChI=1S/C24H20ClN3O3/c1-2-24(23(30)31,17-11-8-12-18(25)15-17)26-22(29)20-19-13-6-7-14-28(19)27-21(20)16-9-4-3-5-10-16/h3-15H,2H2,1H3,(H,26,29)(H,30,31). The first kappa shape index (κ1) is 20.6. The van der Waals surface area contributed by atoms with Crippen molar-refractivity contribution in [1.82, 2.24) is 14.9 Å². The van der Waals surface area contributed by atoms with E-state index in [1.807, 2.05) is 42.5 Å². The number of amides is 1. The lowest BCUT2D eigenvalue weighted by atomic mass is 9.86. The maximum absolute atomic E-state index is 13.6. The fourth-order valence-corrected chi connectivity index (χ4v) is 3.91. The molecular weight excluding hydrogens is 414 g/mol. The zero-order valence-electron chi connectivity index (χ0n) is 16.7. The van der Waals surface area contributed by atoms with Crippen molar-refractivity contribution in [3.8, 4) is 11.3 Å². The summed E-state index contributed by atoms with van der Waals surface area (Å²) in [6.07, 6.45) is 1.88. The molecule has 0 aliphatic rings. The quantitative estimate of drug-likeness (QED) is 0.458. The second-order valence-electron chi connectivity index (χ2n) is 7.15. The fourth-order valence-electron chi connectivity index (χ4n) is 3.72. The number of carbonyl (C=O) groups excluding carboxylic acids is 1. The van der Waals surface area contributed by atoms with E-state index in [4.69, 9.17) is 11.6 Å². The number of aromatic nitrogens is 2. The Morgan fingerprint density at radius 3 is 2.48 bits per heavy atom. The van der Waals surface area contributed by atoms with Gasteiger partial charge in [0.05, 0.1) is 11.1 Å². The Kier molecular flexibility index (Phi) is 5.48. The molecule has 2 N–H and O–H groups in total. The van der Waals surface area contributed by atoms with Crippen LogP contribution in [0.15, 0.2) is 79.0 Å². The van der Waals surface area contributed by atoms with E-state index in [9.17, 15) is 14.7 Å². The maximum Gasteiger partial charge on any atom is 0.334 e. The van der Waals surface area contributed by atoms with Gasteiger partial charge >= 0.3 is 5.97 Å². The Labute approximate surface area is 184 Å². The summed E-state index contributed by atoms with van der Waals surface area (Å²) in [5.74, 6) is -1.69.